The molecule has 0 aliphatic heterocycles. The lowest BCUT2D eigenvalue weighted by atomic mass is 9.86. The van der Waals surface area contributed by atoms with Crippen LogP contribution in [0, 0.1) is 0 Å². The number of esters is 1. The Labute approximate surface area is 125 Å². The number of nitrogens with zero attached hydrogens (tertiary/aromatic N) is 2. The average molecular weight is 296 g/mol. The zero-order valence-corrected chi connectivity index (χ0v) is 13.3. The van der Waals surface area contributed by atoms with Crippen LogP contribution in [0.1, 0.15) is 65.1 Å². The quantitative estimate of drug-likeness (QED) is 0.751. The molecule has 2 rings (SSSR count). The molecule has 1 aliphatic carbocycles. The first-order chi connectivity index (χ1) is 9.96. The molecule has 0 N–H and O–H groups in total. The number of rotatable bonds is 6. The lowest BCUT2D eigenvalue weighted by molar-refractivity contribution is -0.151. The molecule has 1 heterocycles. The molecule has 1 saturated carbocycles. The Morgan fingerprint density at radius 3 is 2.52 bits per heavy atom. The Morgan fingerprint density at radius 1 is 1.29 bits per heavy atom. The van der Waals surface area contributed by atoms with Crippen molar-refractivity contribution in [1.29, 1.82) is 0 Å². The first kappa shape index (κ1) is 15.9. The van der Waals surface area contributed by atoms with Gasteiger partial charge in [-0.2, -0.15) is 4.98 Å². The fraction of sp³-hybridized carbons (Fsp3) is 0.800. The summed E-state index contributed by atoms with van der Waals surface area (Å²) in [4.78, 5) is 16.8. The summed E-state index contributed by atoms with van der Waals surface area (Å²) >= 11 is 0. The second-order valence-electron chi connectivity index (χ2n) is 5.88. The topological polar surface area (TPSA) is 74.5 Å². The molecule has 1 aromatic heterocycles. The van der Waals surface area contributed by atoms with Gasteiger partial charge in [-0.3, -0.25) is 4.79 Å². The molecule has 0 aromatic carbocycles. The number of hydrogen-bond acceptors (Lipinski definition) is 6. The molecule has 21 heavy (non-hydrogen) atoms. The van der Waals surface area contributed by atoms with E-state index in [2.05, 4.69) is 10.1 Å². The number of ether oxygens (including phenoxy) is 2. The zero-order chi connectivity index (χ0) is 15.5. The largest absolute Gasteiger partial charge is 0.465 e. The monoisotopic (exact) mass is 296 g/mol. The predicted octanol–water partition coefficient (Wildman–Crippen LogP) is 2.72. The molecule has 1 aromatic rings. The summed E-state index contributed by atoms with van der Waals surface area (Å²) in [5, 5.41) is 4.02. The van der Waals surface area contributed by atoms with Crippen LogP contribution < -0.4 is 0 Å². The number of hydrogen-bond donors (Lipinski definition) is 0. The van der Waals surface area contributed by atoms with Gasteiger partial charge in [-0.1, -0.05) is 18.0 Å². The standard InChI is InChI=1S/C15H24N2O4/c1-5-19-13(18)15(9-7-8-10-15)12-16-11(17-21-12)14(3,4)20-6-2/h5-10H2,1-4H3. The third kappa shape index (κ3) is 2.95. The molecule has 0 radical (unpaired) electrons. The van der Waals surface area contributed by atoms with E-state index in [0.29, 0.717) is 37.8 Å². The number of carbonyl (C=O) groups excluding carboxylic acids is 1. The molecule has 0 saturated heterocycles. The Hall–Kier alpha value is -1.43. The minimum Gasteiger partial charge on any atom is -0.465 e. The van der Waals surface area contributed by atoms with Crippen molar-refractivity contribution in [1.82, 2.24) is 10.1 Å². The van der Waals surface area contributed by atoms with Crippen molar-refractivity contribution in [3.63, 3.8) is 0 Å². The maximum atomic E-state index is 12.4. The summed E-state index contributed by atoms with van der Waals surface area (Å²) < 4.78 is 16.3. The average Bonchev–Trinajstić information content (AvgIpc) is 3.09. The van der Waals surface area contributed by atoms with Gasteiger partial charge in [-0.25, -0.2) is 0 Å². The lowest BCUT2D eigenvalue weighted by Gasteiger charge is -2.22. The minimum atomic E-state index is -0.774. The van der Waals surface area contributed by atoms with Crippen LogP contribution in [0.3, 0.4) is 0 Å². The SMILES string of the molecule is CCOC(=O)C1(c2nc(C(C)(C)OCC)no2)CCCC1. The van der Waals surface area contributed by atoms with Crippen molar-refractivity contribution in [2.24, 2.45) is 0 Å². The normalized spacial score (nSPS) is 17.9. The molecule has 1 aliphatic rings. The summed E-state index contributed by atoms with van der Waals surface area (Å²) in [6.07, 6.45) is 3.32. The van der Waals surface area contributed by atoms with Crippen LogP contribution in [0.2, 0.25) is 0 Å². The summed E-state index contributed by atoms with van der Waals surface area (Å²) in [6, 6.07) is 0. The first-order valence-electron chi connectivity index (χ1n) is 7.62. The van der Waals surface area contributed by atoms with Gasteiger partial charge in [0.05, 0.1) is 6.61 Å². The van der Waals surface area contributed by atoms with Crippen LogP contribution in [0.15, 0.2) is 4.52 Å². The van der Waals surface area contributed by atoms with Crippen molar-refractivity contribution in [3.8, 4) is 0 Å². The molecule has 118 valence electrons. The van der Waals surface area contributed by atoms with E-state index in [9.17, 15) is 4.79 Å². The highest BCUT2D eigenvalue weighted by Crippen LogP contribution is 2.42. The second-order valence-corrected chi connectivity index (χ2v) is 5.88. The smallest absolute Gasteiger partial charge is 0.321 e. The van der Waals surface area contributed by atoms with E-state index in [0.717, 1.165) is 12.8 Å². The molecule has 0 amide bonds. The minimum absolute atomic E-state index is 0.257. The Bertz CT molecular complexity index is 490. The molecule has 0 unspecified atom stereocenters. The molecule has 6 nitrogen and oxygen atoms in total. The van der Waals surface area contributed by atoms with E-state index < -0.39 is 11.0 Å². The summed E-state index contributed by atoms with van der Waals surface area (Å²) in [5.74, 6) is 0.572. The van der Waals surface area contributed by atoms with Crippen molar-refractivity contribution < 1.29 is 18.8 Å². The van der Waals surface area contributed by atoms with E-state index in [1.165, 1.54) is 0 Å². The molecule has 1 fully saturated rings. The summed E-state index contributed by atoms with van der Waals surface area (Å²) in [5.41, 5.74) is -1.41. The molecule has 0 atom stereocenters. The van der Waals surface area contributed by atoms with Crippen LogP contribution in [0.4, 0.5) is 0 Å². The van der Waals surface area contributed by atoms with E-state index in [1.807, 2.05) is 20.8 Å². The van der Waals surface area contributed by atoms with Crippen molar-refractivity contribution >= 4 is 5.97 Å². The van der Waals surface area contributed by atoms with Crippen LogP contribution >= 0.6 is 0 Å². The van der Waals surface area contributed by atoms with E-state index >= 15 is 0 Å². The maximum absolute atomic E-state index is 12.4. The number of carbonyl (C=O) groups is 1. The van der Waals surface area contributed by atoms with Crippen LogP contribution in [-0.2, 0) is 25.3 Å². The first-order valence-corrected chi connectivity index (χ1v) is 7.62. The van der Waals surface area contributed by atoms with Crippen LogP contribution in [0.5, 0.6) is 0 Å². The second kappa shape index (κ2) is 6.13. The fourth-order valence-electron chi connectivity index (χ4n) is 2.84. The third-order valence-corrected chi connectivity index (χ3v) is 4.00. The maximum Gasteiger partial charge on any atom is 0.321 e. The van der Waals surface area contributed by atoms with Gasteiger partial charge < -0.3 is 14.0 Å². The van der Waals surface area contributed by atoms with Gasteiger partial charge in [-0.15, -0.1) is 0 Å². The van der Waals surface area contributed by atoms with Gasteiger partial charge in [0.2, 0.25) is 11.7 Å². The van der Waals surface area contributed by atoms with E-state index in [4.69, 9.17) is 14.0 Å². The van der Waals surface area contributed by atoms with E-state index in [-0.39, 0.29) is 5.97 Å². The highest BCUT2D eigenvalue weighted by Gasteiger charge is 2.49. The van der Waals surface area contributed by atoms with Gasteiger partial charge in [0.15, 0.2) is 0 Å². The number of aromatic nitrogens is 2. The van der Waals surface area contributed by atoms with Gasteiger partial charge in [0.1, 0.15) is 11.0 Å². The van der Waals surface area contributed by atoms with Gasteiger partial charge in [0.25, 0.3) is 0 Å². The molecule has 0 spiro atoms. The summed E-state index contributed by atoms with van der Waals surface area (Å²) in [6.45, 7) is 8.40. The predicted molar refractivity (Wildman–Crippen MR) is 75.7 cm³/mol. The Morgan fingerprint density at radius 2 is 1.95 bits per heavy atom. The molecular weight excluding hydrogens is 272 g/mol. The summed E-state index contributed by atoms with van der Waals surface area (Å²) in [7, 11) is 0. The van der Waals surface area contributed by atoms with Crippen molar-refractivity contribution in [3.05, 3.63) is 11.7 Å². The zero-order valence-electron chi connectivity index (χ0n) is 13.3. The molecular formula is C15H24N2O4. The van der Waals surface area contributed by atoms with Crippen LogP contribution in [0.25, 0.3) is 0 Å². The van der Waals surface area contributed by atoms with Crippen molar-refractivity contribution in [2.75, 3.05) is 13.2 Å². The highest BCUT2D eigenvalue weighted by atomic mass is 16.5. The fourth-order valence-corrected chi connectivity index (χ4v) is 2.84. The van der Waals surface area contributed by atoms with Gasteiger partial charge >= 0.3 is 5.97 Å². The highest BCUT2D eigenvalue weighted by molar-refractivity contribution is 5.82. The molecule has 0 bridgehead atoms. The van der Waals surface area contributed by atoms with Crippen LogP contribution in [-0.4, -0.2) is 29.3 Å². The Balaban J connectivity index is 2.31. The van der Waals surface area contributed by atoms with Gasteiger partial charge in [0, 0.05) is 6.61 Å². The van der Waals surface area contributed by atoms with Crippen molar-refractivity contribution in [2.45, 2.75) is 64.4 Å². The van der Waals surface area contributed by atoms with Gasteiger partial charge in [-0.05, 0) is 40.5 Å². The lowest BCUT2D eigenvalue weighted by Crippen LogP contribution is -2.35. The van der Waals surface area contributed by atoms with E-state index in [1.54, 1.807) is 6.92 Å². The third-order valence-electron chi connectivity index (χ3n) is 4.00. The molecule has 6 heteroatoms. The Kier molecular flexibility index (Phi) is 4.66.